The zero-order valence-corrected chi connectivity index (χ0v) is 26.7. The van der Waals surface area contributed by atoms with Crippen LogP contribution in [-0.4, -0.2) is 46.0 Å². The summed E-state index contributed by atoms with van der Waals surface area (Å²) < 4.78 is 21.5. The Kier molecular flexibility index (Phi) is 9.65. The average molecular weight is 652 g/mol. The molecule has 47 heavy (non-hydrogen) atoms. The van der Waals surface area contributed by atoms with Crippen LogP contribution in [0.1, 0.15) is 45.2 Å². The van der Waals surface area contributed by atoms with E-state index in [1.807, 2.05) is 36.8 Å². The van der Waals surface area contributed by atoms with E-state index in [0.717, 1.165) is 39.9 Å². The number of imidazole rings is 1. The number of nitrogens with zero attached hydrogens (tertiary/aromatic N) is 3. The number of fused-ring (bicyclic) bond motifs is 1. The van der Waals surface area contributed by atoms with Crippen molar-refractivity contribution in [1.82, 2.24) is 19.8 Å². The highest BCUT2D eigenvalue weighted by molar-refractivity contribution is 6.30. The summed E-state index contributed by atoms with van der Waals surface area (Å²) in [5, 5.41) is 3.39. The van der Waals surface area contributed by atoms with Crippen molar-refractivity contribution in [2.75, 3.05) is 13.7 Å². The summed E-state index contributed by atoms with van der Waals surface area (Å²) in [5.41, 5.74) is 11.9. The lowest BCUT2D eigenvalue weighted by molar-refractivity contribution is -0.119. The van der Waals surface area contributed by atoms with E-state index in [4.69, 9.17) is 22.1 Å². The van der Waals surface area contributed by atoms with Crippen molar-refractivity contribution in [2.45, 2.75) is 38.0 Å². The standard InChI is InChI=1S/C37H35ClFN5O3/c1-43(22-30-20-41-23-44(30)21-25-5-9-26(10-6-25)27-11-15-29(39)16-12-27)34-17-18-47-35-31(34)3-2-4-32(35)37(46)42-33(36(40)45)19-24-7-13-28(38)14-8-24/h2-16,20,23,33-34H,17-19,21-22H2,1H3,(H2,40,45)(H,42,46)/t33-,34?/m0/s1. The van der Waals surface area contributed by atoms with Gasteiger partial charge in [0.25, 0.3) is 5.91 Å². The van der Waals surface area contributed by atoms with Crippen LogP contribution in [0.4, 0.5) is 4.39 Å². The molecule has 0 saturated heterocycles. The monoisotopic (exact) mass is 651 g/mol. The number of primary amides is 1. The molecule has 1 aliphatic heterocycles. The first kappa shape index (κ1) is 32.0. The van der Waals surface area contributed by atoms with Gasteiger partial charge in [0, 0.05) is 48.8 Å². The molecule has 1 aliphatic rings. The molecular weight excluding hydrogens is 617 g/mol. The molecule has 10 heteroatoms. The molecule has 5 aromatic rings. The van der Waals surface area contributed by atoms with Gasteiger partial charge in [0.2, 0.25) is 5.91 Å². The number of carbonyl (C=O) groups excluding carboxylic acids is 2. The lowest BCUT2D eigenvalue weighted by atomic mass is 9.95. The van der Waals surface area contributed by atoms with Gasteiger partial charge in [0.05, 0.1) is 24.2 Å². The number of hydrogen-bond acceptors (Lipinski definition) is 5. The van der Waals surface area contributed by atoms with Crippen molar-refractivity contribution < 1.29 is 18.7 Å². The quantitative estimate of drug-likeness (QED) is 0.178. The molecule has 2 heterocycles. The first-order valence-electron chi connectivity index (χ1n) is 15.4. The fourth-order valence-electron chi connectivity index (χ4n) is 5.99. The van der Waals surface area contributed by atoms with Crippen molar-refractivity contribution >= 4 is 23.4 Å². The molecule has 8 nitrogen and oxygen atoms in total. The van der Waals surface area contributed by atoms with E-state index in [-0.39, 0.29) is 18.3 Å². The Morgan fingerprint density at radius 2 is 1.70 bits per heavy atom. The van der Waals surface area contributed by atoms with Gasteiger partial charge in [0.1, 0.15) is 17.6 Å². The van der Waals surface area contributed by atoms with Crippen molar-refractivity contribution in [1.29, 1.82) is 0 Å². The van der Waals surface area contributed by atoms with Crippen LogP contribution in [0, 0.1) is 5.82 Å². The molecule has 0 aliphatic carbocycles. The second-order valence-electron chi connectivity index (χ2n) is 11.8. The van der Waals surface area contributed by atoms with Crippen LogP contribution in [0.3, 0.4) is 0 Å². The highest BCUT2D eigenvalue weighted by atomic mass is 35.5. The fourth-order valence-corrected chi connectivity index (χ4v) is 6.11. The van der Waals surface area contributed by atoms with Crippen LogP contribution >= 0.6 is 11.6 Å². The van der Waals surface area contributed by atoms with E-state index in [1.165, 1.54) is 12.1 Å². The lowest BCUT2D eigenvalue weighted by Gasteiger charge is -2.34. The molecule has 240 valence electrons. The highest BCUT2D eigenvalue weighted by Gasteiger charge is 2.30. The molecule has 2 atom stereocenters. The molecule has 4 aromatic carbocycles. The van der Waals surface area contributed by atoms with Gasteiger partial charge in [-0.15, -0.1) is 0 Å². The maximum atomic E-state index is 13.5. The van der Waals surface area contributed by atoms with E-state index in [1.54, 1.807) is 42.5 Å². The summed E-state index contributed by atoms with van der Waals surface area (Å²) in [4.78, 5) is 32.4. The van der Waals surface area contributed by atoms with Crippen LogP contribution in [0.25, 0.3) is 11.1 Å². The summed E-state index contributed by atoms with van der Waals surface area (Å²) in [7, 11) is 2.05. The van der Waals surface area contributed by atoms with Gasteiger partial charge < -0.3 is 20.4 Å². The van der Waals surface area contributed by atoms with Crippen LogP contribution in [-0.2, 0) is 24.3 Å². The zero-order valence-electron chi connectivity index (χ0n) is 25.9. The number of benzene rings is 4. The molecule has 0 bridgehead atoms. The number of nitrogens with two attached hydrogens (primary N) is 1. The number of para-hydroxylation sites is 1. The zero-order chi connectivity index (χ0) is 32.9. The van der Waals surface area contributed by atoms with Crippen LogP contribution in [0.2, 0.25) is 5.02 Å². The molecule has 1 aromatic heterocycles. The number of aromatic nitrogens is 2. The summed E-state index contributed by atoms with van der Waals surface area (Å²) in [6, 6.07) is 26.4. The summed E-state index contributed by atoms with van der Waals surface area (Å²) in [6.45, 7) is 1.72. The average Bonchev–Trinajstić information content (AvgIpc) is 3.51. The Morgan fingerprint density at radius 3 is 2.40 bits per heavy atom. The van der Waals surface area contributed by atoms with Crippen molar-refractivity contribution in [3.8, 4) is 16.9 Å². The van der Waals surface area contributed by atoms with Crippen LogP contribution in [0.5, 0.6) is 5.75 Å². The Balaban J connectivity index is 1.14. The molecule has 0 radical (unpaired) electrons. The predicted molar refractivity (Wildman–Crippen MR) is 180 cm³/mol. The van der Waals surface area contributed by atoms with E-state index in [9.17, 15) is 14.0 Å². The topological polar surface area (TPSA) is 102 Å². The SMILES string of the molecule is CN(Cc1cncn1Cc1ccc(-c2ccc(F)cc2)cc1)C1CCOc2c(C(=O)N[C@@H](Cc3ccc(Cl)cc3)C(N)=O)cccc21. The predicted octanol–water partition coefficient (Wildman–Crippen LogP) is 6.17. The minimum Gasteiger partial charge on any atom is -0.492 e. The second-order valence-corrected chi connectivity index (χ2v) is 12.2. The minimum atomic E-state index is -0.902. The molecule has 0 saturated carbocycles. The van der Waals surface area contributed by atoms with Crippen molar-refractivity contribution in [2.24, 2.45) is 5.73 Å². The third-order valence-corrected chi connectivity index (χ3v) is 8.77. The van der Waals surface area contributed by atoms with Gasteiger partial charge in [-0.05, 0) is 59.6 Å². The summed E-state index contributed by atoms with van der Waals surface area (Å²) in [6.07, 6.45) is 4.69. The molecule has 3 N–H and O–H groups in total. The number of nitrogens with one attached hydrogen (secondary N) is 1. The Morgan fingerprint density at radius 1 is 1.02 bits per heavy atom. The second kappa shape index (κ2) is 14.2. The molecule has 6 rings (SSSR count). The summed E-state index contributed by atoms with van der Waals surface area (Å²) in [5.74, 6) is -0.793. The maximum Gasteiger partial charge on any atom is 0.255 e. The molecular formula is C37H35ClFN5O3. The Bertz CT molecular complexity index is 1860. The van der Waals surface area contributed by atoms with Gasteiger partial charge in [-0.25, -0.2) is 9.37 Å². The van der Waals surface area contributed by atoms with E-state index >= 15 is 0 Å². The van der Waals surface area contributed by atoms with Crippen molar-refractivity contribution in [3.05, 3.63) is 142 Å². The molecule has 0 fully saturated rings. The van der Waals surface area contributed by atoms with Gasteiger partial charge in [-0.3, -0.25) is 14.5 Å². The number of carbonyl (C=O) groups is 2. The maximum absolute atomic E-state index is 13.5. The number of rotatable bonds is 11. The van der Waals surface area contributed by atoms with Crippen LogP contribution < -0.4 is 15.8 Å². The van der Waals surface area contributed by atoms with E-state index in [0.29, 0.717) is 36.0 Å². The molecule has 1 unspecified atom stereocenters. The van der Waals surface area contributed by atoms with Crippen LogP contribution in [0.15, 0.2) is 104 Å². The number of ether oxygens (including phenoxy) is 1. The molecule has 2 amide bonds. The lowest BCUT2D eigenvalue weighted by Crippen LogP contribution is -2.46. The highest BCUT2D eigenvalue weighted by Crippen LogP contribution is 2.38. The number of halogens is 2. The van der Waals surface area contributed by atoms with Gasteiger partial charge in [-0.1, -0.05) is 72.3 Å². The minimum absolute atomic E-state index is 0.00847. The van der Waals surface area contributed by atoms with Gasteiger partial charge in [0.15, 0.2) is 0 Å². The fraction of sp³-hybridized carbons (Fsp3) is 0.216. The Hall–Kier alpha value is -4.99. The Labute approximate surface area is 277 Å². The van der Waals surface area contributed by atoms with Gasteiger partial charge in [-0.2, -0.15) is 0 Å². The van der Waals surface area contributed by atoms with Crippen molar-refractivity contribution in [3.63, 3.8) is 0 Å². The summed E-state index contributed by atoms with van der Waals surface area (Å²) >= 11 is 5.99. The number of hydrogen-bond donors (Lipinski definition) is 2. The molecule has 0 spiro atoms. The van der Waals surface area contributed by atoms with E-state index < -0.39 is 17.9 Å². The third kappa shape index (κ3) is 7.53. The third-order valence-electron chi connectivity index (χ3n) is 8.52. The van der Waals surface area contributed by atoms with E-state index in [2.05, 4.69) is 38.9 Å². The first-order chi connectivity index (χ1) is 22.7. The first-order valence-corrected chi connectivity index (χ1v) is 15.8. The van der Waals surface area contributed by atoms with Gasteiger partial charge >= 0.3 is 0 Å². The number of amides is 2. The largest absolute Gasteiger partial charge is 0.492 e. The smallest absolute Gasteiger partial charge is 0.255 e. The normalized spacial score (nSPS) is 14.7.